The summed E-state index contributed by atoms with van der Waals surface area (Å²) >= 11 is 0. The number of carbonyl (C=O) groups excluding carboxylic acids is 4. The molecule has 2 aliphatic rings. The number of aromatic hydroxyl groups is 1. The molecule has 8 unspecified atom stereocenters. The molecule has 0 saturated carbocycles. The lowest BCUT2D eigenvalue weighted by Crippen LogP contribution is -2.61. The maximum Gasteiger partial charge on any atom is 0.245 e. The van der Waals surface area contributed by atoms with E-state index in [4.69, 9.17) is 24.7 Å². The van der Waals surface area contributed by atoms with E-state index in [-0.39, 0.29) is 25.2 Å². The number of ether oxygens (including phenoxy) is 4. The second-order valence-electron chi connectivity index (χ2n) is 17.4. The van der Waals surface area contributed by atoms with Gasteiger partial charge in [-0.05, 0) is 101 Å². The van der Waals surface area contributed by atoms with E-state index in [2.05, 4.69) is 26.4 Å². The Kier molecular flexibility index (Phi) is 16.8. The molecule has 4 aromatic carbocycles. The Balaban J connectivity index is 1.29. The molecule has 2 heterocycles. The highest BCUT2D eigenvalue weighted by Gasteiger charge is 2.52. The fourth-order valence-corrected chi connectivity index (χ4v) is 8.45. The van der Waals surface area contributed by atoms with Gasteiger partial charge in [-0.1, -0.05) is 108 Å². The minimum Gasteiger partial charge on any atom is -0.508 e. The number of amides is 4. The molecule has 0 spiro atoms. The van der Waals surface area contributed by atoms with Gasteiger partial charge in [0.2, 0.25) is 23.6 Å². The number of nitrogens with one attached hydrogen (secondary N) is 4. The number of hydrogen-bond donors (Lipinski definition) is 6. The van der Waals surface area contributed by atoms with Crippen LogP contribution in [0.15, 0.2) is 120 Å². The number of benzene rings is 4. The molecule has 0 bridgehead atoms. The molecule has 4 amide bonds. The summed E-state index contributed by atoms with van der Waals surface area (Å²) in [6, 6.07) is 29.8. The molecule has 0 aliphatic carbocycles. The number of unbranched alkanes of at least 4 members (excludes halogenated alkanes) is 1. The molecule has 2 saturated heterocycles. The number of rotatable bonds is 22. The van der Waals surface area contributed by atoms with Crippen LogP contribution in [0.3, 0.4) is 0 Å². The summed E-state index contributed by atoms with van der Waals surface area (Å²) in [5.41, 5.74) is 7.56. The third-order valence-electron chi connectivity index (χ3n) is 12.0. The van der Waals surface area contributed by atoms with E-state index in [1.807, 2.05) is 91.0 Å². The largest absolute Gasteiger partial charge is 0.508 e. The molecule has 16 nitrogen and oxygen atoms in total. The van der Waals surface area contributed by atoms with Crippen LogP contribution in [0.5, 0.6) is 5.75 Å². The fourth-order valence-electron chi connectivity index (χ4n) is 8.45. The zero-order chi connectivity index (χ0) is 47.4. The molecular formula is C50H62N6O10. The normalized spacial score (nSPS) is 20.4. The third-order valence-corrected chi connectivity index (χ3v) is 12.0. The molecule has 16 heteroatoms. The summed E-state index contributed by atoms with van der Waals surface area (Å²) in [6.45, 7) is 8.63. The van der Waals surface area contributed by atoms with Crippen LogP contribution in [0.4, 0.5) is 0 Å². The minimum absolute atomic E-state index is 0.0460. The first-order valence-corrected chi connectivity index (χ1v) is 22.5. The van der Waals surface area contributed by atoms with Crippen molar-refractivity contribution in [2.24, 2.45) is 16.8 Å². The van der Waals surface area contributed by atoms with Crippen LogP contribution < -0.4 is 27.0 Å². The van der Waals surface area contributed by atoms with Crippen LogP contribution in [0.2, 0.25) is 0 Å². The highest BCUT2D eigenvalue weighted by molar-refractivity contribution is 5.94. The van der Waals surface area contributed by atoms with Crippen LogP contribution in [-0.2, 0) is 50.1 Å². The van der Waals surface area contributed by atoms with Crippen LogP contribution in [0, 0.1) is 10.8 Å². The van der Waals surface area contributed by atoms with E-state index >= 15 is 0 Å². The van der Waals surface area contributed by atoms with Gasteiger partial charge in [-0.2, -0.15) is 4.91 Å². The topological polar surface area (TPSA) is 229 Å². The van der Waals surface area contributed by atoms with Gasteiger partial charge in [0, 0.05) is 0 Å². The van der Waals surface area contributed by atoms with Crippen LogP contribution >= 0.6 is 0 Å². The van der Waals surface area contributed by atoms with Crippen molar-refractivity contribution in [1.29, 1.82) is 0 Å². The molecule has 2 aliphatic heterocycles. The monoisotopic (exact) mass is 906 g/mol. The van der Waals surface area contributed by atoms with Gasteiger partial charge in [-0.3, -0.25) is 19.2 Å². The highest BCUT2D eigenvalue weighted by Crippen LogP contribution is 2.42. The zero-order valence-corrected chi connectivity index (χ0v) is 38.1. The Morgan fingerprint density at radius 1 is 0.773 bits per heavy atom. The Morgan fingerprint density at radius 2 is 1.35 bits per heavy atom. The number of carbonyl (C=O) groups is 4. The lowest BCUT2D eigenvalue weighted by Gasteiger charge is -2.40. The van der Waals surface area contributed by atoms with Crippen LogP contribution in [0.1, 0.15) is 76.1 Å². The van der Waals surface area contributed by atoms with Gasteiger partial charge in [-0.25, -0.2) is 0 Å². The predicted molar refractivity (Wildman–Crippen MR) is 246 cm³/mol. The number of nitrogens with two attached hydrogens (primary N) is 1. The SMILES string of the molecule is CC(N=O)C(Cc1ccc(O)cc1)C(=O)N[C@H](C)C(=O)NC(CCCCN)C(=O)NC(C(=O)NC1COC2OC(C)(C)OC12)C(C)OC(c1ccccc1)(c1ccccc1)c1ccccc1. The average Bonchev–Trinajstić information content (AvgIpc) is 3.83. The van der Waals surface area contributed by atoms with Gasteiger partial charge in [0.15, 0.2) is 12.1 Å². The minimum atomic E-state index is -1.36. The van der Waals surface area contributed by atoms with Crippen molar-refractivity contribution in [3.8, 4) is 5.75 Å². The number of nitrogens with zero attached hydrogens (tertiary/aromatic N) is 1. The van der Waals surface area contributed by atoms with E-state index < -0.39 is 89.6 Å². The number of phenols is 1. The Morgan fingerprint density at radius 3 is 1.89 bits per heavy atom. The van der Waals surface area contributed by atoms with Gasteiger partial charge in [0.25, 0.3) is 0 Å². The number of nitroso groups, excluding NO2 is 1. The molecule has 352 valence electrons. The molecule has 0 aromatic heterocycles. The summed E-state index contributed by atoms with van der Waals surface area (Å²) in [5.74, 6) is -4.38. The quantitative estimate of drug-likeness (QED) is 0.0360. The molecule has 0 radical (unpaired) electrons. The number of hydrogen-bond acceptors (Lipinski definition) is 12. The van der Waals surface area contributed by atoms with E-state index in [9.17, 15) is 29.2 Å². The van der Waals surface area contributed by atoms with Gasteiger partial charge >= 0.3 is 0 Å². The molecule has 2 fully saturated rings. The number of phenolic OH excluding ortho intramolecular Hbond substituents is 1. The Labute approximate surface area is 385 Å². The summed E-state index contributed by atoms with van der Waals surface area (Å²) in [7, 11) is 0. The first-order valence-electron chi connectivity index (χ1n) is 22.5. The maximum atomic E-state index is 14.8. The summed E-state index contributed by atoms with van der Waals surface area (Å²) in [6.07, 6.45) is -1.11. The van der Waals surface area contributed by atoms with Gasteiger partial charge in [0.1, 0.15) is 41.6 Å². The molecule has 9 atom stereocenters. The standard InChI is InChI=1S/C50H62N6O10/c1-31(56-62)39(29-34-24-26-38(57)27-25-34)45(59)52-32(2)44(58)53-40(23-15-16-28-51)46(60)55-42(47(61)54-41-30-63-48-43(41)65-49(4,5)66-48)33(3)64-50(35-17-9-6-10-18-35,36-19-11-7-12-20-36)37-21-13-8-14-22-37/h6-14,17-22,24-27,31-33,39-43,48,57H,15-16,23,28-30,51H2,1-5H3,(H,52,59)(H,53,58)(H,54,61)(H,55,60)/t31?,32-,33?,39?,40?,41?,42?,43?,48?/m1/s1. The lowest BCUT2D eigenvalue weighted by atomic mass is 9.79. The first-order chi connectivity index (χ1) is 31.6. The Hall–Kier alpha value is -6.04. The smallest absolute Gasteiger partial charge is 0.245 e. The van der Waals surface area contributed by atoms with E-state index in [1.54, 1.807) is 32.9 Å². The average molecular weight is 907 g/mol. The van der Waals surface area contributed by atoms with Crippen molar-refractivity contribution in [1.82, 2.24) is 21.3 Å². The zero-order valence-electron chi connectivity index (χ0n) is 38.1. The van der Waals surface area contributed by atoms with Crippen molar-refractivity contribution in [2.45, 2.75) is 120 Å². The summed E-state index contributed by atoms with van der Waals surface area (Å²) in [4.78, 5) is 68.6. The van der Waals surface area contributed by atoms with Crippen molar-refractivity contribution in [2.75, 3.05) is 13.2 Å². The van der Waals surface area contributed by atoms with Crippen molar-refractivity contribution >= 4 is 23.6 Å². The second kappa shape index (κ2) is 22.4. The fraction of sp³-hybridized carbons (Fsp3) is 0.440. The van der Waals surface area contributed by atoms with E-state index in [0.717, 1.165) is 16.7 Å². The summed E-state index contributed by atoms with van der Waals surface area (Å²) < 4.78 is 25.1. The first kappa shape index (κ1) is 49.4. The predicted octanol–water partition coefficient (Wildman–Crippen LogP) is 4.70. The summed E-state index contributed by atoms with van der Waals surface area (Å²) in [5, 5.41) is 24.3. The van der Waals surface area contributed by atoms with Crippen molar-refractivity contribution in [3.63, 3.8) is 0 Å². The van der Waals surface area contributed by atoms with E-state index in [1.165, 1.54) is 26.0 Å². The maximum absolute atomic E-state index is 14.8. The molecular weight excluding hydrogens is 845 g/mol. The van der Waals surface area contributed by atoms with Crippen molar-refractivity contribution in [3.05, 3.63) is 142 Å². The van der Waals surface area contributed by atoms with Gasteiger partial charge in [0.05, 0.1) is 24.7 Å². The second-order valence-corrected chi connectivity index (χ2v) is 17.4. The van der Waals surface area contributed by atoms with E-state index in [0.29, 0.717) is 24.9 Å². The van der Waals surface area contributed by atoms with Crippen LogP contribution in [0.25, 0.3) is 0 Å². The highest BCUT2D eigenvalue weighted by atomic mass is 16.8. The molecule has 7 N–H and O–H groups in total. The number of fused-ring (bicyclic) bond motifs is 1. The molecule has 4 aromatic rings. The lowest BCUT2D eigenvalue weighted by molar-refractivity contribution is -0.195. The molecule has 6 rings (SSSR count). The molecule has 66 heavy (non-hydrogen) atoms. The van der Waals surface area contributed by atoms with Crippen LogP contribution in [-0.4, -0.2) is 96.4 Å². The Bertz CT molecular complexity index is 2140. The van der Waals surface area contributed by atoms with Gasteiger partial charge in [-0.15, -0.1) is 0 Å². The van der Waals surface area contributed by atoms with Crippen molar-refractivity contribution < 1.29 is 43.2 Å². The van der Waals surface area contributed by atoms with Gasteiger partial charge < -0.3 is 51.1 Å². The third kappa shape index (κ3) is 12.0.